The summed E-state index contributed by atoms with van der Waals surface area (Å²) in [5, 5.41) is 4.35. The number of rotatable bonds is 6. The first kappa shape index (κ1) is 28.5. The van der Waals surface area contributed by atoms with Crippen LogP contribution in [0.1, 0.15) is 6.92 Å². The second-order valence-electron chi connectivity index (χ2n) is 10.1. The molecular formula is C31H29N9O4. The van der Waals surface area contributed by atoms with Gasteiger partial charge in [0.05, 0.1) is 12.1 Å². The largest absolute Gasteiger partial charge is 0.494 e. The van der Waals surface area contributed by atoms with Gasteiger partial charge in [-0.2, -0.15) is 19.1 Å². The molecule has 6 aromatic rings. The first-order valence-electron chi connectivity index (χ1n) is 14.1. The van der Waals surface area contributed by atoms with Crippen LogP contribution in [0.15, 0.2) is 77.9 Å². The molecule has 0 unspecified atom stereocenters. The van der Waals surface area contributed by atoms with Crippen molar-refractivity contribution in [2.75, 3.05) is 50.1 Å². The van der Waals surface area contributed by atoms with E-state index < -0.39 is 0 Å². The Balaban J connectivity index is 0.00000110. The monoisotopic (exact) mass is 591 g/mol. The van der Waals surface area contributed by atoms with E-state index in [1.54, 1.807) is 10.9 Å². The number of piperazine rings is 1. The molecule has 0 bridgehead atoms. The van der Waals surface area contributed by atoms with Crippen molar-refractivity contribution in [3.05, 3.63) is 83.4 Å². The zero-order valence-electron chi connectivity index (χ0n) is 24.2. The van der Waals surface area contributed by atoms with Crippen molar-refractivity contribution in [1.29, 1.82) is 0 Å². The zero-order chi connectivity index (χ0) is 30.6. The maximum Gasteiger partial charge on any atom is 0.373 e. The number of hydrogen-bond donors (Lipinski definition) is 1. The topological polar surface area (TPSA) is 140 Å². The van der Waals surface area contributed by atoms with E-state index >= 15 is 0 Å². The third kappa shape index (κ3) is 5.44. The maximum absolute atomic E-state index is 13.9. The summed E-state index contributed by atoms with van der Waals surface area (Å²) in [6.45, 7) is 6.59. The van der Waals surface area contributed by atoms with Gasteiger partial charge < -0.3 is 19.9 Å². The van der Waals surface area contributed by atoms with Gasteiger partial charge in [0, 0.05) is 61.4 Å². The molecule has 44 heavy (non-hydrogen) atoms. The molecule has 1 saturated heterocycles. The fourth-order valence-electron chi connectivity index (χ4n) is 5.28. The number of aromatic nitrogens is 6. The first-order valence-corrected chi connectivity index (χ1v) is 14.1. The Morgan fingerprint density at radius 2 is 1.70 bits per heavy atom. The Labute approximate surface area is 251 Å². The lowest BCUT2D eigenvalue weighted by Gasteiger charge is -2.34. The van der Waals surface area contributed by atoms with E-state index in [9.17, 15) is 4.79 Å². The van der Waals surface area contributed by atoms with Crippen LogP contribution < -0.4 is 20.5 Å². The molecule has 0 amide bonds. The van der Waals surface area contributed by atoms with Gasteiger partial charge in [0.2, 0.25) is 5.95 Å². The summed E-state index contributed by atoms with van der Waals surface area (Å²) < 4.78 is 9.04. The zero-order valence-corrected chi connectivity index (χ0v) is 24.2. The van der Waals surface area contributed by atoms with E-state index in [1.165, 1.54) is 16.4 Å². The smallest absolute Gasteiger partial charge is 0.373 e. The van der Waals surface area contributed by atoms with Crippen LogP contribution in [0.4, 0.5) is 17.3 Å². The van der Waals surface area contributed by atoms with Crippen molar-refractivity contribution in [1.82, 2.24) is 34.0 Å². The van der Waals surface area contributed by atoms with Crippen molar-refractivity contribution in [3.63, 3.8) is 0 Å². The molecule has 2 aromatic carbocycles. The Hall–Kier alpha value is -5.65. The van der Waals surface area contributed by atoms with Gasteiger partial charge in [-0.3, -0.25) is 4.79 Å². The van der Waals surface area contributed by atoms with Crippen LogP contribution in [0.3, 0.4) is 0 Å². The lowest BCUT2D eigenvalue weighted by atomic mass is 10.2. The quantitative estimate of drug-likeness (QED) is 0.305. The molecule has 4 aromatic heterocycles. The second-order valence-corrected chi connectivity index (χ2v) is 10.1. The van der Waals surface area contributed by atoms with Gasteiger partial charge in [0.25, 0.3) is 5.56 Å². The Bertz CT molecular complexity index is 2030. The summed E-state index contributed by atoms with van der Waals surface area (Å²) in [7, 11) is 2.15. The SMILES string of the molecule is CCOc1ccc2c(c1)n(-c1ccccn1)n1c(=O)c3cnc(Nc4ccc(N5CCN(C)CC5)cc4)nc3nc21.O=C=O. The molecule has 1 aliphatic rings. The maximum atomic E-state index is 13.9. The van der Waals surface area contributed by atoms with E-state index in [0.29, 0.717) is 40.8 Å². The normalized spacial score (nSPS) is 13.5. The van der Waals surface area contributed by atoms with Gasteiger partial charge in [-0.15, -0.1) is 0 Å². The number of anilines is 3. The van der Waals surface area contributed by atoms with Gasteiger partial charge in [0.1, 0.15) is 11.1 Å². The van der Waals surface area contributed by atoms with Crippen molar-refractivity contribution in [3.8, 4) is 11.6 Å². The summed E-state index contributed by atoms with van der Waals surface area (Å²) in [6.07, 6.45) is 3.47. The molecule has 7 rings (SSSR count). The molecule has 1 fully saturated rings. The fourth-order valence-corrected chi connectivity index (χ4v) is 5.28. The minimum atomic E-state index is -0.284. The molecule has 1 N–H and O–H groups in total. The highest BCUT2D eigenvalue weighted by molar-refractivity contribution is 5.96. The number of hydrogen-bond acceptors (Lipinski definition) is 11. The predicted octanol–water partition coefficient (Wildman–Crippen LogP) is 3.29. The number of carbonyl (C=O) groups excluding carboxylic acids is 2. The number of benzene rings is 2. The Kier molecular flexibility index (Phi) is 7.96. The van der Waals surface area contributed by atoms with Gasteiger partial charge in [0.15, 0.2) is 17.1 Å². The minimum absolute atomic E-state index is 0.250. The number of fused-ring (bicyclic) bond motifs is 4. The summed E-state index contributed by atoms with van der Waals surface area (Å²) >= 11 is 0. The van der Waals surface area contributed by atoms with E-state index in [4.69, 9.17) is 19.3 Å². The lowest BCUT2D eigenvalue weighted by molar-refractivity contribution is -0.191. The number of nitrogens with zero attached hydrogens (tertiary/aromatic N) is 8. The van der Waals surface area contributed by atoms with Crippen LogP contribution in [-0.4, -0.2) is 80.0 Å². The van der Waals surface area contributed by atoms with Crippen molar-refractivity contribution >= 4 is 51.1 Å². The average molecular weight is 592 g/mol. The molecule has 0 atom stereocenters. The van der Waals surface area contributed by atoms with E-state index in [0.717, 1.165) is 42.8 Å². The molecule has 1 aliphatic heterocycles. The van der Waals surface area contributed by atoms with Crippen LogP contribution in [-0.2, 0) is 9.59 Å². The highest BCUT2D eigenvalue weighted by Gasteiger charge is 2.20. The molecule has 0 radical (unpaired) electrons. The number of pyridine rings is 1. The number of nitrogens with one attached hydrogen (secondary N) is 1. The van der Waals surface area contributed by atoms with E-state index in [1.807, 2.05) is 55.5 Å². The third-order valence-electron chi connectivity index (χ3n) is 7.41. The number of likely N-dealkylation sites (N-methyl/N-ethyl adjacent to an activating group) is 1. The van der Waals surface area contributed by atoms with Crippen molar-refractivity contribution in [2.24, 2.45) is 0 Å². The molecular weight excluding hydrogens is 562 g/mol. The molecule has 13 heteroatoms. The molecule has 222 valence electrons. The standard InChI is InChI=1S/C30H29N9O2.CO2/c1-3-41-22-11-12-23-25(18-22)38(26-6-4-5-13-31-26)39-28(23)34-27-24(29(39)40)19-32-30(35-27)33-20-7-9-21(10-8-20)37-16-14-36(2)15-17-37;2-1-3/h4-13,18-19H,3,14-17H2,1-2H3,(H,32,33,35);. The highest BCUT2D eigenvalue weighted by atomic mass is 16.5. The van der Waals surface area contributed by atoms with Crippen molar-refractivity contribution in [2.45, 2.75) is 6.92 Å². The van der Waals surface area contributed by atoms with Crippen LogP contribution >= 0.6 is 0 Å². The second kappa shape index (κ2) is 12.3. The summed E-state index contributed by atoms with van der Waals surface area (Å²) in [6, 6.07) is 19.5. The van der Waals surface area contributed by atoms with Crippen molar-refractivity contribution < 1.29 is 14.3 Å². The predicted molar refractivity (Wildman–Crippen MR) is 165 cm³/mol. The van der Waals surface area contributed by atoms with Crippen LogP contribution in [0, 0.1) is 0 Å². The lowest BCUT2D eigenvalue weighted by Crippen LogP contribution is -2.44. The minimum Gasteiger partial charge on any atom is -0.494 e. The third-order valence-corrected chi connectivity index (χ3v) is 7.41. The van der Waals surface area contributed by atoms with Crippen LogP contribution in [0.2, 0.25) is 0 Å². The molecule has 0 saturated carbocycles. The molecule has 0 spiro atoms. The fraction of sp³-hybridized carbons (Fsp3) is 0.226. The van der Waals surface area contributed by atoms with Crippen LogP contribution in [0.5, 0.6) is 5.75 Å². The molecule has 0 aliphatic carbocycles. The summed E-state index contributed by atoms with van der Waals surface area (Å²) in [5.74, 6) is 1.65. The highest BCUT2D eigenvalue weighted by Crippen LogP contribution is 2.28. The summed E-state index contributed by atoms with van der Waals surface area (Å²) in [4.78, 5) is 53.3. The average Bonchev–Trinajstić information content (AvgIpc) is 3.36. The molecule has 13 nitrogen and oxygen atoms in total. The van der Waals surface area contributed by atoms with Gasteiger partial charge in [-0.1, -0.05) is 6.07 Å². The Morgan fingerprint density at radius 1 is 0.932 bits per heavy atom. The first-order chi connectivity index (χ1) is 21.5. The van der Waals surface area contributed by atoms with E-state index in [-0.39, 0.29) is 11.7 Å². The number of ether oxygens (including phenoxy) is 1. The Morgan fingerprint density at radius 3 is 2.41 bits per heavy atom. The van der Waals surface area contributed by atoms with Gasteiger partial charge in [-0.25, -0.2) is 19.6 Å². The molecule has 5 heterocycles. The van der Waals surface area contributed by atoms with Gasteiger partial charge in [-0.05, 0) is 62.5 Å². The van der Waals surface area contributed by atoms with Gasteiger partial charge >= 0.3 is 6.15 Å². The summed E-state index contributed by atoms with van der Waals surface area (Å²) in [5.41, 5.74) is 3.31. The van der Waals surface area contributed by atoms with Crippen LogP contribution in [0.25, 0.3) is 33.4 Å². The van der Waals surface area contributed by atoms with E-state index in [2.05, 4.69) is 49.2 Å².